The number of hydrogen-bond donors (Lipinski definition) is 0. The van der Waals surface area contributed by atoms with E-state index < -0.39 is 15.1 Å². The van der Waals surface area contributed by atoms with Crippen LogP contribution >= 0.6 is 11.8 Å². The van der Waals surface area contributed by atoms with E-state index in [0.29, 0.717) is 16.3 Å². The summed E-state index contributed by atoms with van der Waals surface area (Å²) in [6.07, 6.45) is 4.94. The van der Waals surface area contributed by atoms with Crippen LogP contribution in [-0.2, 0) is 15.6 Å². The van der Waals surface area contributed by atoms with Crippen molar-refractivity contribution in [1.29, 1.82) is 0 Å². The first-order chi connectivity index (χ1) is 11.0. The summed E-state index contributed by atoms with van der Waals surface area (Å²) in [7, 11) is -3.32. The van der Waals surface area contributed by atoms with Crippen molar-refractivity contribution in [2.75, 3.05) is 19.3 Å². The maximum Gasteiger partial charge on any atom is 0.256 e. The fraction of sp³-hybridized carbons (Fsp3) is 0.333. The fourth-order valence-electron chi connectivity index (χ4n) is 2.43. The van der Waals surface area contributed by atoms with Crippen molar-refractivity contribution in [3.05, 3.63) is 48.0 Å². The van der Waals surface area contributed by atoms with Crippen LogP contribution in [0.5, 0.6) is 0 Å². The second kappa shape index (κ2) is 6.37. The molecule has 0 saturated carbocycles. The van der Waals surface area contributed by atoms with Crippen molar-refractivity contribution >= 4 is 27.5 Å². The van der Waals surface area contributed by atoms with Gasteiger partial charge in [0.15, 0.2) is 9.84 Å². The molecule has 2 aromatic rings. The Kier molecular flexibility index (Phi) is 4.45. The van der Waals surface area contributed by atoms with Gasteiger partial charge in [-0.15, -0.1) is 11.8 Å². The molecule has 0 unspecified atom stereocenters. The van der Waals surface area contributed by atoms with E-state index in [1.165, 1.54) is 18.0 Å². The number of carbonyl (C=O) groups is 1. The Morgan fingerprint density at radius 1 is 1.39 bits per heavy atom. The number of carbonyl (C=O) groups excluding carboxylic acids is 1. The SMILES string of the molecule is CSc1ncccc1C(=O)N1CC(S(=O)(=O)Cc2ccco2)C1. The molecule has 3 heterocycles. The molecule has 3 rings (SSSR count). The van der Waals surface area contributed by atoms with Gasteiger partial charge in [0.2, 0.25) is 0 Å². The Hall–Kier alpha value is -1.80. The maximum atomic E-state index is 12.5. The minimum absolute atomic E-state index is 0.129. The monoisotopic (exact) mass is 352 g/mol. The van der Waals surface area contributed by atoms with Crippen LogP contribution in [0.15, 0.2) is 46.2 Å². The lowest BCUT2D eigenvalue weighted by atomic mass is 10.1. The first kappa shape index (κ1) is 16.1. The van der Waals surface area contributed by atoms with Crippen molar-refractivity contribution in [1.82, 2.24) is 9.88 Å². The van der Waals surface area contributed by atoms with E-state index in [2.05, 4.69) is 4.98 Å². The van der Waals surface area contributed by atoms with Crippen LogP contribution in [-0.4, -0.2) is 48.8 Å². The fourth-order valence-corrected chi connectivity index (χ4v) is 4.58. The highest BCUT2D eigenvalue weighted by molar-refractivity contribution is 7.98. The van der Waals surface area contributed by atoms with E-state index in [0.717, 1.165) is 0 Å². The van der Waals surface area contributed by atoms with Crippen LogP contribution in [0.4, 0.5) is 0 Å². The molecule has 0 radical (unpaired) electrons. The number of amides is 1. The highest BCUT2D eigenvalue weighted by atomic mass is 32.2. The minimum Gasteiger partial charge on any atom is -0.468 e. The molecule has 1 fully saturated rings. The number of nitrogens with zero attached hydrogens (tertiary/aromatic N) is 2. The topological polar surface area (TPSA) is 80.5 Å². The van der Waals surface area contributed by atoms with E-state index in [9.17, 15) is 13.2 Å². The molecule has 8 heteroatoms. The molecule has 6 nitrogen and oxygen atoms in total. The van der Waals surface area contributed by atoms with Crippen molar-refractivity contribution in [3.63, 3.8) is 0 Å². The number of pyridine rings is 1. The quantitative estimate of drug-likeness (QED) is 0.764. The summed E-state index contributed by atoms with van der Waals surface area (Å²) in [5.41, 5.74) is 0.516. The third kappa shape index (κ3) is 3.28. The Balaban J connectivity index is 1.65. The second-order valence-electron chi connectivity index (χ2n) is 5.28. The summed E-state index contributed by atoms with van der Waals surface area (Å²) in [6.45, 7) is 0.426. The molecule has 1 aliphatic heterocycles. The van der Waals surface area contributed by atoms with Gasteiger partial charge in [0, 0.05) is 19.3 Å². The lowest BCUT2D eigenvalue weighted by Gasteiger charge is -2.38. The third-order valence-electron chi connectivity index (χ3n) is 3.76. The zero-order valence-corrected chi connectivity index (χ0v) is 14.1. The molecule has 0 aromatic carbocycles. The maximum absolute atomic E-state index is 12.5. The number of aromatic nitrogens is 1. The van der Waals surface area contributed by atoms with Gasteiger partial charge in [0.05, 0.1) is 17.1 Å². The third-order valence-corrected chi connectivity index (χ3v) is 6.47. The van der Waals surface area contributed by atoms with Gasteiger partial charge in [0.1, 0.15) is 16.5 Å². The van der Waals surface area contributed by atoms with Crippen LogP contribution in [0.3, 0.4) is 0 Å². The number of furan rings is 1. The Bertz CT molecular complexity index is 797. The lowest BCUT2D eigenvalue weighted by Crippen LogP contribution is -2.57. The van der Waals surface area contributed by atoms with Gasteiger partial charge >= 0.3 is 0 Å². The van der Waals surface area contributed by atoms with Gasteiger partial charge in [-0.1, -0.05) is 0 Å². The summed E-state index contributed by atoms with van der Waals surface area (Å²) in [5.74, 6) is 0.119. The van der Waals surface area contributed by atoms with Crippen LogP contribution in [0, 0.1) is 0 Å². The van der Waals surface area contributed by atoms with Crippen LogP contribution in [0.25, 0.3) is 0 Å². The van der Waals surface area contributed by atoms with E-state index >= 15 is 0 Å². The number of rotatable bonds is 5. The van der Waals surface area contributed by atoms with E-state index in [1.807, 2.05) is 6.26 Å². The molecule has 1 saturated heterocycles. The second-order valence-corrected chi connectivity index (χ2v) is 8.35. The molecule has 1 amide bonds. The highest BCUT2D eigenvalue weighted by Gasteiger charge is 2.40. The van der Waals surface area contributed by atoms with Crippen LogP contribution < -0.4 is 0 Å². The Morgan fingerprint density at radius 2 is 2.17 bits per heavy atom. The average molecular weight is 352 g/mol. The summed E-state index contributed by atoms with van der Waals surface area (Å²) in [4.78, 5) is 18.2. The zero-order valence-electron chi connectivity index (χ0n) is 12.5. The first-order valence-electron chi connectivity index (χ1n) is 7.03. The number of hydrogen-bond acceptors (Lipinski definition) is 6. The van der Waals surface area contributed by atoms with E-state index in [-0.39, 0.29) is 24.7 Å². The number of thioether (sulfide) groups is 1. The summed E-state index contributed by atoms with van der Waals surface area (Å²) >= 11 is 1.40. The Labute approximate surface area is 138 Å². The smallest absolute Gasteiger partial charge is 0.256 e. The molecule has 0 spiro atoms. The molecule has 122 valence electrons. The number of sulfone groups is 1. The molecule has 0 N–H and O–H groups in total. The summed E-state index contributed by atoms with van der Waals surface area (Å²) in [6, 6.07) is 6.72. The van der Waals surface area contributed by atoms with Gasteiger partial charge < -0.3 is 9.32 Å². The van der Waals surface area contributed by atoms with E-state index in [4.69, 9.17) is 4.42 Å². The Morgan fingerprint density at radius 3 is 2.83 bits per heavy atom. The summed E-state index contributed by atoms with van der Waals surface area (Å²) < 4.78 is 29.7. The molecule has 0 atom stereocenters. The van der Waals surface area contributed by atoms with Crippen molar-refractivity contribution in [2.24, 2.45) is 0 Å². The summed E-state index contributed by atoms with van der Waals surface area (Å²) in [5, 5.41) is 0.116. The molecule has 0 aliphatic carbocycles. The minimum atomic E-state index is -3.32. The van der Waals surface area contributed by atoms with E-state index in [1.54, 1.807) is 35.4 Å². The highest BCUT2D eigenvalue weighted by Crippen LogP contribution is 2.25. The van der Waals surface area contributed by atoms with Gasteiger partial charge in [-0.3, -0.25) is 4.79 Å². The van der Waals surface area contributed by atoms with Crippen LogP contribution in [0.2, 0.25) is 0 Å². The zero-order chi connectivity index (χ0) is 16.4. The number of likely N-dealkylation sites (tertiary alicyclic amines) is 1. The molecule has 23 heavy (non-hydrogen) atoms. The predicted octanol–water partition coefficient (Wildman–Crippen LogP) is 1.84. The average Bonchev–Trinajstić information content (AvgIpc) is 2.97. The molecule has 0 bridgehead atoms. The van der Waals surface area contributed by atoms with Crippen LogP contribution in [0.1, 0.15) is 16.1 Å². The van der Waals surface area contributed by atoms with Gasteiger partial charge in [0.25, 0.3) is 5.91 Å². The largest absolute Gasteiger partial charge is 0.468 e. The molecule has 2 aromatic heterocycles. The van der Waals surface area contributed by atoms with Crippen molar-refractivity contribution < 1.29 is 17.6 Å². The standard InChI is InChI=1S/C15H16N2O4S2/c1-22-14-13(5-2-6-16-14)15(18)17-8-12(9-17)23(19,20)10-11-4-3-7-21-11/h2-7,12H,8-10H2,1H3. The molecule has 1 aliphatic rings. The predicted molar refractivity (Wildman–Crippen MR) is 87.0 cm³/mol. The van der Waals surface area contributed by atoms with Gasteiger partial charge in [-0.2, -0.15) is 0 Å². The molecular formula is C15H16N2O4S2. The van der Waals surface area contributed by atoms with Gasteiger partial charge in [-0.25, -0.2) is 13.4 Å². The van der Waals surface area contributed by atoms with Gasteiger partial charge in [-0.05, 0) is 30.5 Å². The lowest BCUT2D eigenvalue weighted by molar-refractivity contribution is 0.0654. The van der Waals surface area contributed by atoms with Crippen molar-refractivity contribution in [3.8, 4) is 0 Å². The van der Waals surface area contributed by atoms with Crippen molar-refractivity contribution in [2.45, 2.75) is 16.0 Å². The molecular weight excluding hydrogens is 336 g/mol. The first-order valence-corrected chi connectivity index (χ1v) is 9.97. The normalized spacial score (nSPS) is 15.4.